The molecule has 0 bridgehead atoms. The molecule has 1 heterocycles. The van der Waals surface area contributed by atoms with E-state index >= 15 is 0 Å². The lowest BCUT2D eigenvalue weighted by Crippen LogP contribution is -2.15. The van der Waals surface area contributed by atoms with Crippen LogP contribution in [0.5, 0.6) is 0 Å². The van der Waals surface area contributed by atoms with E-state index in [0.29, 0.717) is 11.3 Å². The molecule has 23 heavy (non-hydrogen) atoms. The summed E-state index contributed by atoms with van der Waals surface area (Å²) in [6.07, 6.45) is 9.66. The van der Waals surface area contributed by atoms with E-state index in [-0.39, 0.29) is 17.5 Å². The number of benzene rings is 1. The maximum Gasteiger partial charge on any atom is 0.291 e. The zero-order valence-corrected chi connectivity index (χ0v) is 13.1. The van der Waals surface area contributed by atoms with Crippen LogP contribution >= 0.6 is 0 Å². The number of ketones is 1. The third kappa shape index (κ3) is 3.39. The van der Waals surface area contributed by atoms with Crippen LogP contribution in [-0.2, 0) is 0 Å². The Bertz CT molecular complexity index is 761. The summed E-state index contributed by atoms with van der Waals surface area (Å²) in [7, 11) is 0. The summed E-state index contributed by atoms with van der Waals surface area (Å²) in [5.74, 6) is -0.000904. The molecule has 1 aliphatic rings. The molecule has 2 aromatic rings. The summed E-state index contributed by atoms with van der Waals surface area (Å²) in [5.41, 5.74) is 3.48. The van der Waals surface area contributed by atoms with Gasteiger partial charge in [0.25, 0.3) is 5.91 Å². The van der Waals surface area contributed by atoms with Crippen LogP contribution in [0, 0.1) is 0 Å². The maximum absolute atomic E-state index is 12.2. The Kier molecular flexibility index (Phi) is 4.37. The number of hydrogen-bond donors (Lipinski definition) is 2. The smallest absolute Gasteiger partial charge is 0.291 e. The first kappa shape index (κ1) is 15.2. The van der Waals surface area contributed by atoms with Crippen LogP contribution in [0.3, 0.4) is 0 Å². The van der Waals surface area contributed by atoms with Crippen LogP contribution in [0.25, 0.3) is 5.57 Å². The van der Waals surface area contributed by atoms with Gasteiger partial charge in [-0.05, 0) is 56.4 Å². The van der Waals surface area contributed by atoms with Gasteiger partial charge in [-0.1, -0.05) is 6.08 Å². The van der Waals surface area contributed by atoms with Gasteiger partial charge in [-0.2, -0.15) is 0 Å². The highest BCUT2D eigenvalue weighted by Crippen LogP contribution is 2.32. The number of Topliss-reactive ketones (excluding diaryl/α,β-unsaturated/α-hetero) is 1. The lowest BCUT2D eigenvalue weighted by molar-refractivity contribution is 0.101. The van der Waals surface area contributed by atoms with Crippen LogP contribution < -0.4 is 5.32 Å². The van der Waals surface area contributed by atoms with Crippen molar-refractivity contribution in [3.05, 3.63) is 53.6 Å². The van der Waals surface area contributed by atoms with Crippen molar-refractivity contribution < 1.29 is 9.59 Å². The second-order valence-electron chi connectivity index (χ2n) is 5.68. The molecule has 5 nitrogen and oxygen atoms in total. The van der Waals surface area contributed by atoms with Crippen LogP contribution in [0.4, 0.5) is 5.69 Å². The van der Waals surface area contributed by atoms with Gasteiger partial charge >= 0.3 is 0 Å². The van der Waals surface area contributed by atoms with Crippen molar-refractivity contribution in [1.29, 1.82) is 0 Å². The van der Waals surface area contributed by atoms with Crippen LogP contribution in [0.1, 0.15) is 59.1 Å². The highest BCUT2D eigenvalue weighted by atomic mass is 16.2. The predicted molar refractivity (Wildman–Crippen MR) is 89.4 cm³/mol. The molecule has 1 aromatic carbocycles. The molecule has 1 aromatic heterocycles. The number of allylic oxidation sites excluding steroid dienone is 2. The molecule has 1 amide bonds. The Morgan fingerprint density at radius 3 is 2.78 bits per heavy atom. The third-order valence-corrected chi connectivity index (χ3v) is 4.02. The zero-order chi connectivity index (χ0) is 16.2. The van der Waals surface area contributed by atoms with Gasteiger partial charge < -0.3 is 10.3 Å². The number of rotatable bonds is 4. The molecule has 2 N–H and O–H groups in total. The minimum atomic E-state index is -0.289. The van der Waals surface area contributed by atoms with E-state index < -0.39 is 0 Å². The van der Waals surface area contributed by atoms with E-state index in [1.165, 1.54) is 12.0 Å². The molecular weight excluding hydrogens is 290 g/mol. The van der Waals surface area contributed by atoms with Crippen molar-refractivity contribution >= 4 is 23.0 Å². The molecule has 5 heteroatoms. The Morgan fingerprint density at radius 1 is 1.26 bits per heavy atom. The number of nitrogens with zero attached hydrogens (tertiary/aromatic N) is 1. The highest BCUT2D eigenvalue weighted by Gasteiger charge is 2.16. The van der Waals surface area contributed by atoms with Gasteiger partial charge in [-0.15, -0.1) is 0 Å². The molecule has 118 valence electrons. The molecule has 0 unspecified atom stereocenters. The molecule has 0 fully saturated rings. The van der Waals surface area contributed by atoms with E-state index in [4.69, 9.17) is 0 Å². The van der Waals surface area contributed by atoms with E-state index in [9.17, 15) is 9.59 Å². The Morgan fingerprint density at radius 2 is 2.13 bits per heavy atom. The summed E-state index contributed by atoms with van der Waals surface area (Å²) in [6.45, 7) is 1.55. The molecule has 0 saturated carbocycles. The number of aromatic amines is 1. The second kappa shape index (κ2) is 6.60. The first-order chi connectivity index (χ1) is 11.1. The van der Waals surface area contributed by atoms with Crippen LogP contribution in [0.2, 0.25) is 0 Å². The lowest BCUT2D eigenvalue weighted by atomic mass is 9.91. The van der Waals surface area contributed by atoms with Crippen molar-refractivity contribution in [2.24, 2.45) is 0 Å². The SMILES string of the molecule is CC(=O)c1ccc(NC(=O)c2ncc[nH]2)c(C2=CCCCC2)c1. The number of hydrogen-bond acceptors (Lipinski definition) is 3. The minimum absolute atomic E-state index is 0.0200. The van der Waals surface area contributed by atoms with E-state index in [1.807, 2.05) is 6.07 Å². The number of anilines is 1. The third-order valence-electron chi connectivity index (χ3n) is 4.02. The number of amides is 1. The van der Waals surface area contributed by atoms with Crippen molar-refractivity contribution in [3.63, 3.8) is 0 Å². The van der Waals surface area contributed by atoms with Gasteiger partial charge in [0, 0.05) is 29.2 Å². The maximum atomic E-state index is 12.2. The fourth-order valence-corrected chi connectivity index (χ4v) is 2.79. The molecule has 0 saturated heterocycles. The normalized spacial score (nSPS) is 14.2. The largest absolute Gasteiger partial charge is 0.341 e. The van der Waals surface area contributed by atoms with E-state index in [1.54, 1.807) is 31.5 Å². The fourth-order valence-electron chi connectivity index (χ4n) is 2.79. The number of carbonyl (C=O) groups excluding carboxylic acids is 2. The molecular formula is C18H19N3O2. The zero-order valence-electron chi connectivity index (χ0n) is 13.1. The number of H-pyrrole nitrogens is 1. The number of imidazole rings is 1. The fraction of sp³-hybridized carbons (Fsp3) is 0.278. The minimum Gasteiger partial charge on any atom is -0.341 e. The van der Waals surface area contributed by atoms with Crippen molar-refractivity contribution in [1.82, 2.24) is 9.97 Å². The lowest BCUT2D eigenvalue weighted by Gasteiger charge is -2.18. The first-order valence-electron chi connectivity index (χ1n) is 7.80. The summed E-state index contributed by atoms with van der Waals surface area (Å²) in [5, 5.41) is 2.89. The predicted octanol–water partition coefficient (Wildman–Crippen LogP) is 3.82. The Hall–Kier alpha value is -2.69. The van der Waals surface area contributed by atoms with Gasteiger partial charge in [0.05, 0.1) is 0 Å². The van der Waals surface area contributed by atoms with Crippen LogP contribution in [-0.4, -0.2) is 21.7 Å². The second-order valence-corrected chi connectivity index (χ2v) is 5.68. The molecule has 0 spiro atoms. The standard InChI is InChI=1S/C18H19N3O2/c1-12(22)14-7-8-16(21-18(23)17-19-9-10-20-17)15(11-14)13-5-3-2-4-6-13/h5,7-11H,2-4,6H2,1H3,(H,19,20)(H,21,23). The summed E-state index contributed by atoms with van der Waals surface area (Å²) < 4.78 is 0. The van der Waals surface area contributed by atoms with Gasteiger partial charge in [-0.3, -0.25) is 9.59 Å². The quantitative estimate of drug-likeness (QED) is 0.843. The van der Waals surface area contributed by atoms with Crippen molar-refractivity contribution in [2.75, 3.05) is 5.32 Å². The van der Waals surface area contributed by atoms with Crippen molar-refractivity contribution in [2.45, 2.75) is 32.6 Å². The Labute approximate surface area is 134 Å². The molecule has 0 aliphatic heterocycles. The molecule has 0 radical (unpaired) electrons. The Balaban J connectivity index is 1.96. The summed E-state index contributed by atoms with van der Waals surface area (Å²) in [6, 6.07) is 5.41. The van der Waals surface area contributed by atoms with Gasteiger partial charge in [0.1, 0.15) is 0 Å². The number of aromatic nitrogens is 2. The van der Waals surface area contributed by atoms with Crippen LogP contribution in [0.15, 0.2) is 36.7 Å². The van der Waals surface area contributed by atoms with Gasteiger partial charge in [0.15, 0.2) is 11.6 Å². The number of nitrogens with one attached hydrogen (secondary N) is 2. The number of carbonyl (C=O) groups is 2. The van der Waals surface area contributed by atoms with Gasteiger partial charge in [-0.25, -0.2) is 4.98 Å². The topological polar surface area (TPSA) is 74.8 Å². The average molecular weight is 309 g/mol. The average Bonchev–Trinajstić information content (AvgIpc) is 3.10. The molecule has 0 atom stereocenters. The summed E-state index contributed by atoms with van der Waals surface area (Å²) in [4.78, 5) is 30.7. The van der Waals surface area contributed by atoms with Crippen molar-refractivity contribution in [3.8, 4) is 0 Å². The first-order valence-corrected chi connectivity index (χ1v) is 7.80. The molecule has 3 rings (SSSR count). The van der Waals surface area contributed by atoms with E-state index in [0.717, 1.165) is 24.8 Å². The van der Waals surface area contributed by atoms with Gasteiger partial charge in [0.2, 0.25) is 0 Å². The highest BCUT2D eigenvalue weighted by molar-refractivity contribution is 6.04. The monoisotopic (exact) mass is 309 g/mol. The van der Waals surface area contributed by atoms with E-state index in [2.05, 4.69) is 21.4 Å². The summed E-state index contributed by atoms with van der Waals surface area (Å²) >= 11 is 0. The molecule has 1 aliphatic carbocycles.